The average Bonchev–Trinajstić information content (AvgIpc) is 2.72. The van der Waals surface area contributed by atoms with E-state index in [4.69, 9.17) is 0 Å². The lowest BCUT2D eigenvalue weighted by atomic mass is 10.1. The summed E-state index contributed by atoms with van der Waals surface area (Å²) in [7, 11) is 0. The zero-order valence-electron chi connectivity index (χ0n) is 11.6. The van der Waals surface area contributed by atoms with Crippen molar-refractivity contribution in [2.24, 2.45) is 0 Å². The summed E-state index contributed by atoms with van der Waals surface area (Å²) < 4.78 is 3.20. The molecule has 0 aliphatic rings. The number of hydrogen-bond donors (Lipinski definition) is 1. The summed E-state index contributed by atoms with van der Waals surface area (Å²) in [6.45, 7) is 6.20. The Morgan fingerprint density at radius 1 is 1.16 bits per heavy atom. The van der Waals surface area contributed by atoms with Crippen molar-refractivity contribution in [3.63, 3.8) is 0 Å². The zero-order chi connectivity index (χ0) is 14.0. The normalized spacial score (nSPS) is 12.9. The summed E-state index contributed by atoms with van der Waals surface area (Å²) in [5.41, 5.74) is 1.90. The van der Waals surface area contributed by atoms with Crippen molar-refractivity contribution in [1.29, 1.82) is 0 Å². The summed E-state index contributed by atoms with van der Waals surface area (Å²) in [6, 6.07) is 7.83. The topological polar surface area (TPSA) is 47.2 Å². The fourth-order valence-electron chi connectivity index (χ4n) is 2.04. The molecule has 1 aromatic heterocycles. The van der Waals surface area contributed by atoms with Gasteiger partial charge in [0, 0.05) is 18.4 Å². The largest absolute Gasteiger partial charge is 0.387 e. The van der Waals surface area contributed by atoms with Crippen molar-refractivity contribution in [3.8, 4) is 0 Å². The molecule has 0 spiro atoms. The van der Waals surface area contributed by atoms with E-state index in [0.717, 1.165) is 11.1 Å². The lowest BCUT2D eigenvalue weighted by Gasteiger charge is -2.12. The molecule has 0 amide bonds. The predicted molar refractivity (Wildman–Crippen MR) is 75.2 cm³/mol. The predicted octanol–water partition coefficient (Wildman–Crippen LogP) is 2.27. The Bertz CT molecular complexity index is 593. The molecule has 0 saturated carbocycles. The molecule has 1 heterocycles. The third-order valence-corrected chi connectivity index (χ3v) is 3.26. The maximum atomic E-state index is 12.0. The first-order valence-electron chi connectivity index (χ1n) is 6.51. The molecule has 2 rings (SSSR count). The van der Waals surface area contributed by atoms with Crippen molar-refractivity contribution in [1.82, 2.24) is 9.13 Å². The third-order valence-electron chi connectivity index (χ3n) is 3.26. The first kappa shape index (κ1) is 13.6. The van der Waals surface area contributed by atoms with Crippen LogP contribution in [0.4, 0.5) is 0 Å². The molecule has 102 valence electrons. The first-order valence-corrected chi connectivity index (χ1v) is 6.51. The fraction of sp³-hybridized carbons (Fsp3) is 0.400. The van der Waals surface area contributed by atoms with Crippen LogP contribution in [-0.2, 0) is 6.54 Å². The minimum Gasteiger partial charge on any atom is -0.387 e. The average molecular weight is 260 g/mol. The molecule has 1 aromatic carbocycles. The molecule has 0 fully saturated rings. The van der Waals surface area contributed by atoms with Crippen LogP contribution in [0.25, 0.3) is 0 Å². The van der Waals surface area contributed by atoms with E-state index in [0.29, 0.717) is 0 Å². The Labute approximate surface area is 112 Å². The molecule has 0 aliphatic heterocycles. The highest BCUT2D eigenvalue weighted by atomic mass is 16.3. The maximum absolute atomic E-state index is 12.0. The Hall–Kier alpha value is -1.81. The van der Waals surface area contributed by atoms with Gasteiger partial charge in [0.05, 0.1) is 12.6 Å². The summed E-state index contributed by atoms with van der Waals surface area (Å²) >= 11 is 0. The van der Waals surface area contributed by atoms with Gasteiger partial charge in [-0.3, -0.25) is 9.13 Å². The molecule has 1 unspecified atom stereocenters. The van der Waals surface area contributed by atoms with Crippen LogP contribution in [0.2, 0.25) is 0 Å². The number of aliphatic hydroxyl groups is 1. The molecule has 4 heteroatoms. The highest BCUT2D eigenvalue weighted by molar-refractivity contribution is 5.23. The standard InChI is InChI=1S/C15H20N2O2/c1-11(2)17-9-8-16(15(17)19)10-14(18)13-6-4-12(3)5-7-13/h4-9,11,14,18H,10H2,1-3H3. The smallest absolute Gasteiger partial charge is 0.328 e. The van der Waals surface area contributed by atoms with Gasteiger partial charge in [0.15, 0.2) is 0 Å². The third kappa shape index (κ3) is 2.96. The van der Waals surface area contributed by atoms with E-state index in [9.17, 15) is 9.90 Å². The van der Waals surface area contributed by atoms with Crippen molar-refractivity contribution >= 4 is 0 Å². The van der Waals surface area contributed by atoms with Gasteiger partial charge in [-0.25, -0.2) is 4.79 Å². The van der Waals surface area contributed by atoms with Crippen molar-refractivity contribution < 1.29 is 5.11 Å². The number of hydrogen-bond acceptors (Lipinski definition) is 2. The minimum absolute atomic E-state index is 0.0823. The molecule has 1 N–H and O–H groups in total. The highest BCUT2D eigenvalue weighted by Gasteiger charge is 2.12. The second-order valence-corrected chi connectivity index (χ2v) is 5.16. The van der Waals surface area contributed by atoms with Gasteiger partial charge in [-0.05, 0) is 26.3 Å². The van der Waals surface area contributed by atoms with Gasteiger partial charge in [0.2, 0.25) is 0 Å². The number of aliphatic hydroxyl groups excluding tert-OH is 1. The highest BCUT2D eigenvalue weighted by Crippen LogP contribution is 2.15. The number of rotatable bonds is 4. The monoisotopic (exact) mass is 260 g/mol. The van der Waals surface area contributed by atoms with E-state index >= 15 is 0 Å². The fourth-order valence-corrected chi connectivity index (χ4v) is 2.04. The molecular formula is C15H20N2O2. The van der Waals surface area contributed by atoms with Crippen LogP contribution < -0.4 is 5.69 Å². The zero-order valence-corrected chi connectivity index (χ0v) is 11.6. The van der Waals surface area contributed by atoms with E-state index in [1.807, 2.05) is 45.0 Å². The van der Waals surface area contributed by atoms with E-state index in [1.165, 1.54) is 0 Å². The molecular weight excluding hydrogens is 240 g/mol. The lowest BCUT2D eigenvalue weighted by Crippen LogP contribution is -2.27. The Balaban J connectivity index is 2.17. The second-order valence-electron chi connectivity index (χ2n) is 5.16. The molecule has 1 atom stereocenters. The number of benzene rings is 1. The summed E-state index contributed by atoms with van der Waals surface area (Å²) in [5, 5.41) is 10.2. The summed E-state index contributed by atoms with van der Waals surface area (Å²) in [5.74, 6) is 0. The minimum atomic E-state index is -0.665. The second kappa shape index (κ2) is 5.45. The van der Waals surface area contributed by atoms with Gasteiger partial charge >= 0.3 is 5.69 Å². The SMILES string of the molecule is Cc1ccc(C(O)Cn2ccn(C(C)C)c2=O)cc1. The van der Waals surface area contributed by atoms with E-state index in [2.05, 4.69) is 0 Å². The Morgan fingerprint density at radius 2 is 1.79 bits per heavy atom. The number of aromatic nitrogens is 2. The van der Waals surface area contributed by atoms with Crippen LogP contribution in [0.1, 0.15) is 37.1 Å². The number of imidazole rings is 1. The molecule has 0 bridgehead atoms. The Kier molecular flexibility index (Phi) is 3.90. The van der Waals surface area contributed by atoms with Crippen LogP contribution in [0.15, 0.2) is 41.5 Å². The van der Waals surface area contributed by atoms with Gasteiger partial charge < -0.3 is 5.11 Å². The van der Waals surface area contributed by atoms with Gasteiger partial charge in [-0.2, -0.15) is 0 Å². The lowest BCUT2D eigenvalue weighted by molar-refractivity contribution is 0.154. The number of aryl methyl sites for hydroxylation is 1. The molecule has 0 radical (unpaired) electrons. The first-order chi connectivity index (χ1) is 8.99. The van der Waals surface area contributed by atoms with Crippen LogP contribution >= 0.6 is 0 Å². The summed E-state index contributed by atoms with van der Waals surface area (Å²) in [6.07, 6.45) is 2.82. The molecule has 0 saturated heterocycles. The van der Waals surface area contributed by atoms with Gasteiger partial charge in [0.1, 0.15) is 0 Å². The van der Waals surface area contributed by atoms with Gasteiger partial charge in [0.25, 0.3) is 0 Å². The quantitative estimate of drug-likeness (QED) is 0.916. The molecule has 19 heavy (non-hydrogen) atoms. The van der Waals surface area contributed by atoms with Gasteiger partial charge in [-0.1, -0.05) is 29.8 Å². The molecule has 4 nitrogen and oxygen atoms in total. The van der Waals surface area contributed by atoms with E-state index < -0.39 is 6.10 Å². The van der Waals surface area contributed by atoms with Crippen molar-refractivity contribution in [3.05, 3.63) is 58.3 Å². The van der Waals surface area contributed by atoms with Crippen LogP contribution in [0.5, 0.6) is 0 Å². The van der Waals surface area contributed by atoms with Crippen LogP contribution in [0, 0.1) is 6.92 Å². The number of nitrogens with zero attached hydrogens (tertiary/aromatic N) is 2. The van der Waals surface area contributed by atoms with Crippen molar-refractivity contribution in [2.45, 2.75) is 39.5 Å². The van der Waals surface area contributed by atoms with E-state index in [1.54, 1.807) is 21.5 Å². The van der Waals surface area contributed by atoms with Crippen LogP contribution in [-0.4, -0.2) is 14.2 Å². The molecule has 0 aliphatic carbocycles. The van der Waals surface area contributed by atoms with Crippen molar-refractivity contribution in [2.75, 3.05) is 0 Å². The Morgan fingerprint density at radius 3 is 2.32 bits per heavy atom. The van der Waals surface area contributed by atoms with Crippen LogP contribution in [0.3, 0.4) is 0 Å². The maximum Gasteiger partial charge on any atom is 0.328 e. The van der Waals surface area contributed by atoms with E-state index in [-0.39, 0.29) is 18.3 Å². The summed E-state index contributed by atoms with van der Waals surface area (Å²) in [4.78, 5) is 12.0. The van der Waals surface area contributed by atoms with Gasteiger partial charge in [-0.15, -0.1) is 0 Å². The molecule has 2 aromatic rings.